The fraction of sp³-hybridized carbons (Fsp3) is 0.238. The van der Waals surface area contributed by atoms with Gasteiger partial charge in [0.1, 0.15) is 5.60 Å². The Bertz CT molecular complexity index is 938. The fourth-order valence-corrected chi connectivity index (χ4v) is 4.45. The molecule has 2 saturated heterocycles. The lowest BCUT2D eigenvalue weighted by molar-refractivity contribution is -0.128. The summed E-state index contributed by atoms with van der Waals surface area (Å²) in [5.41, 5.74) is 1.28. The molecule has 3 aliphatic heterocycles. The van der Waals surface area contributed by atoms with Crippen molar-refractivity contribution < 1.29 is 19.4 Å². The number of imide groups is 1. The van der Waals surface area contributed by atoms with Crippen molar-refractivity contribution in [1.29, 1.82) is 0 Å². The van der Waals surface area contributed by atoms with E-state index in [0.29, 0.717) is 5.69 Å². The molecule has 130 valence electrons. The zero-order valence-corrected chi connectivity index (χ0v) is 13.9. The Morgan fingerprint density at radius 1 is 1.00 bits per heavy atom. The molecule has 26 heavy (non-hydrogen) atoms. The lowest BCUT2D eigenvalue weighted by atomic mass is 9.77. The highest BCUT2D eigenvalue weighted by Crippen LogP contribution is 2.52. The predicted octanol–water partition coefficient (Wildman–Crippen LogP) is 2.16. The zero-order valence-electron chi connectivity index (χ0n) is 13.9. The SMILES string of the molecule is O=C1[C@H]2[C@@H]3C=C[C@@](CO)(O3)[C@@H]2C(=O)N1c1ccccc1-c1ccccc1. The summed E-state index contributed by atoms with van der Waals surface area (Å²) < 4.78 is 5.79. The maximum atomic E-state index is 13.2. The molecular weight excluding hydrogens is 330 g/mol. The molecule has 1 N–H and O–H groups in total. The zero-order chi connectivity index (χ0) is 17.9. The molecule has 0 spiro atoms. The molecule has 4 atom stereocenters. The van der Waals surface area contributed by atoms with Crippen molar-refractivity contribution >= 4 is 17.5 Å². The van der Waals surface area contributed by atoms with Crippen LogP contribution in [0.25, 0.3) is 11.1 Å². The van der Waals surface area contributed by atoms with E-state index in [1.165, 1.54) is 4.90 Å². The Morgan fingerprint density at radius 3 is 2.50 bits per heavy atom. The maximum absolute atomic E-state index is 13.2. The van der Waals surface area contributed by atoms with Crippen LogP contribution in [-0.4, -0.2) is 35.2 Å². The molecule has 0 aromatic heterocycles. The number of amides is 2. The second-order valence-electron chi connectivity index (χ2n) is 6.95. The lowest BCUT2D eigenvalue weighted by Gasteiger charge is -2.27. The van der Waals surface area contributed by atoms with Crippen molar-refractivity contribution in [3.05, 3.63) is 66.7 Å². The molecule has 3 heterocycles. The van der Waals surface area contributed by atoms with Crippen LogP contribution in [0, 0.1) is 11.8 Å². The highest BCUT2D eigenvalue weighted by Gasteiger charge is 2.67. The molecule has 2 aromatic carbocycles. The van der Waals surface area contributed by atoms with E-state index < -0.39 is 23.5 Å². The second-order valence-corrected chi connectivity index (χ2v) is 6.95. The number of aliphatic hydroxyl groups excluding tert-OH is 1. The van der Waals surface area contributed by atoms with Crippen LogP contribution >= 0.6 is 0 Å². The van der Waals surface area contributed by atoms with Gasteiger partial charge in [-0.05, 0) is 11.6 Å². The molecule has 0 radical (unpaired) electrons. The molecule has 0 aliphatic carbocycles. The Hall–Kier alpha value is -2.76. The van der Waals surface area contributed by atoms with Crippen molar-refractivity contribution in [2.75, 3.05) is 11.5 Å². The van der Waals surface area contributed by atoms with Crippen molar-refractivity contribution in [2.24, 2.45) is 11.8 Å². The molecule has 5 rings (SSSR count). The smallest absolute Gasteiger partial charge is 0.241 e. The Balaban J connectivity index is 1.62. The molecule has 0 saturated carbocycles. The van der Waals surface area contributed by atoms with Crippen LogP contribution < -0.4 is 4.90 Å². The molecule has 2 fully saturated rings. The number of benzene rings is 2. The molecule has 0 unspecified atom stereocenters. The summed E-state index contributed by atoms with van der Waals surface area (Å²) in [6.45, 7) is -0.311. The van der Waals surface area contributed by atoms with E-state index in [-0.39, 0.29) is 18.4 Å². The third-order valence-corrected chi connectivity index (χ3v) is 5.63. The normalized spacial score (nSPS) is 31.7. The van der Waals surface area contributed by atoms with E-state index in [1.807, 2.05) is 48.5 Å². The molecule has 2 bridgehead atoms. The summed E-state index contributed by atoms with van der Waals surface area (Å²) in [5, 5.41) is 9.83. The van der Waals surface area contributed by atoms with Crippen LogP contribution in [0.3, 0.4) is 0 Å². The van der Waals surface area contributed by atoms with Crippen molar-refractivity contribution in [1.82, 2.24) is 0 Å². The minimum absolute atomic E-state index is 0.256. The number of carbonyl (C=O) groups is 2. The number of carbonyl (C=O) groups excluding carboxylic acids is 2. The van der Waals surface area contributed by atoms with Crippen molar-refractivity contribution in [3.63, 3.8) is 0 Å². The van der Waals surface area contributed by atoms with Crippen LogP contribution in [0.15, 0.2) is 66.7 Å². The van der Waals surface area contributed by atoms with Gasteiger partial charge in [0.2, 0.25) is 11.8 Å². The van der Waals surface area contributed by atoms with Gasteiger partial charge in [-0.15, -0.1) is 0 Å². The van der Waals surface area contributed by atoms with Crippen LogP contribution in [0.1, 0.15) is 0 Å². The summed E-state index contributed by atoms with van der Waals surface area (Å²) in [7, 11) is 0. The highest BCUT2D eigenvalue weighted by atomic mass is 16.5. The van der Waals surface area contributed by atoms with Crippen molar-refractivity contribution in [3.8, 4) is 11.1 Å². The molecule has 2 aromatic rings. The number of aliphatic hydroxyl groups is 1. The quantitative estimate of drug-likeness (QED) is 0.682. The van der Waals surface area contributed by atoms with Gasteiger partial charge in [0.05, 0.1) is 30.2 Å². The molecule has 3 aliphatic rings. The minimum Gasteiger partial charge on any atom is -0.393 e. The van der Waals surface area contributed by atoms with E-state index in [2.05, 4.69) is 0 Å². The Kier molecular flexibility index (Phi) is 3.20. The van der Waals surface area contributed by atoms with Gasteiger partial charge in [-0.2, -0.15) is 0 Å². The molecule has 2 amide bonds. The van der Waals surface area contributed by atoms with E-state index in [9.17, 15) is 14.7 Å². The van der Waals surface area contributed by atoms with E-state index >= 15 is 0 Å². The third kappa shape index (κ3) is 1.87. The lowest BCUT2D eigenvalue weighted by Crippen LogP contribution is -2.43. The second kappa shape index (κ2) is 5.37. The number of hydrogen-bond acceptors (Lipinski definition) is 4. The van der Waals surface area contributed by atoms with Crippen LogP contribution in [0.2, 0.25) is 0 Å². The van der Waals surface area contributed by atoms with Gasteiger partial charge < -0.3 is 9.84 Å². The fourth-order valence-electron chi connectivity index (χ4n) is 4.45. The number of para-hydroxylation sites is 1. The third-order valence-electron chi connectivity index (χ3n) is 5.63. The first kappa shape index (κ1) is 15.5. The summed E-state index contributed by atoms with van der Waals surface area (Å²) in [5.74, 6) is -1.79. The minimum atomic E-state index is -1.07. The monoisotopic (exact) mass is 347 g/mol. The van der Waals surface area contributed by atoms with Gasteiger partial charge in [-0.1, -0.05) is 60.7 Å². The summed E-state index contributed by atoms with van der Waals surface area (Å²) >= 11 is 0. The Morgan fingerprint density at radius 2 is 1.73 bits per heavy atom. The summed E-state index contributed by atoms with van der Waals surface area (Å²) in [6, 6.07) is 17.1. The largest absolute Gasteiger partial charge is 0.393 e. The van der Waals surface area contributed by atoms with E-state index in [1.54, 1.807) is 18.2 Å². The number of nitrogens with zero attached hydrogens (tertiary/aromatic N) is 1. The molecule has 5 heteroatoms. The van der Waals surface area contributed by atoms with Gasteiger partial charge >= 0.3 is 0 Å². The highest BCUT2D eigenvalue weighted by molar-refractivity contribution is 6.24. The maximum Gasteiger partial charge on any atom is 0.241 e. The number of ether oxygens (including phenoxy) is 1. The van der Waals surface area contributed by atoms with E-state index in [4.69, 9.17) is 4.74 Å². The Labute approximate surface area is 150 Å². The first-order valence-electron chi connectivity index (χ1n) is 8.66. The van der Waals surface area contributed by atoms with Crippen LogP contribution in [0.5, 0.6) is 0 Å². The predicted molar refractivity (Wildman–Crippen MR) is 95.2 cm³/mol. The van der Waals surface area contributed by atoms with Gasteiger partial charge in [0.25, 0.3) is 0 Å². The number of anilines is 1. The average Bonchev–Trinajstić information content (AvgIpc) is 3.33. The first-order valence-corrected chi connectivity index (χ1v) is 8.66. The van der Waals surface area contributed by atoms with Gasteiger partial charge in [-0.25, -0.2) is 4.90 Å². The van der Waals surface area contributed by atoms with Gasteiger partial charge in [-0.3, -0.25) is 9.59 Å². The van der Waals surface area contributed by atoms with Gasteiger partial charge in [0.15, 0.2) is 0 Å². The average molecular weight is 347 g/mol. The number of hydrogen-bond donors (Lipinski definition) is 1. The first-order chi connectivity index (χ1) is 12.7. The standard InChI is InChI=1S/C21H17NO4/c23-12-21-11-10-16(26-21)17-18(21)20(25)22(19(17)24)15-9-5-4-8-14(15)13-6-2-1-3-7-13/h1-11,16-18,23H,12H2/t16-,17-,18-,21-/m0/s1. The topological polar surface area (TPSA) is 66.8 Å². The molecular formula is C21H17NO4. The van der Waals surface area contributed by atoms with Crippen LogP contribution in [-0.2, 0) is 14.3 Å². The summed E-state index contributed by atoms with van der Waals surface area (Å²) in [6.07, 6.45) is 3.07. The van der Waals surface area contributed by atoms with Crippen LogP contribution in [0.4, 0.5) is 5.69 Å². The number of rotatable bonds is 3. The van der Waals surface area contributed by atoms with E-state index in [0.717, 1.165) is 11.1 Å². The molecule has 5 nitrogen and oxygen atoms in total. The number of fused-ring (bicyclic) bond motifs is 5. The van der Waals surface area contributed by atoms with Gasteiger partial charge in [0, 0.05) is 5.56 Å². The van der Waals surface area contributed by atoms with Crippen molar-refractivity contribution in [2.45, 2.75) is 11.7 Å². The summed E-state index contributed by atoms with van der Waals surface area (Å²) in [4.78, 5) is 27.6.